The summed E-state index contributed by atoms with van der Waals surface area (Å²) >= 11 is 0. The lowest BCUT2D eigenvalue weighted by Gasteiger charge is -2.32. The summed E-state index contributed by atoms with van der Waals surface area (Å²) < 4.78 is 7.24. The molecular weight excluding hydrogens is 346 g/mol. The Hall–Kier alpha value is -2.90. The van der Waals surface area contributed by atoms with Crippen LogP contribution < -0.4 is 10.1 Å². The number of ether oxygens (including phenoxy) is 1. The summed E-state index contributed by atoms with van der Waals surface area (Å²) in [5.74, 6) is 0.384. The molecule has 8 nitrogen and oxygen atoms in total. The maximum atomic E-state index is 12.5. The Balaban J connectivity index is 1.56. The van der Waals surface area contributed by atoms with Crippen molar-refractivity contribution in [3.8, 4) is 5.75 Å². The van der Waals surface area contributed by atoms with E-state index in [2.05, 4.69) is 15.6 Å². The fourth-order valence-corrected chi connectivity index (χ4v) is 3.05. The molecule has 2 amide bonds. The second-order valence-corrected chi connectivity index (χ2v) is 6.95. The van der Waals surface area contributed by atoms with Gasteiger partial charge in [-0.3, -0.25) is 9.59 Å². The molecule has 1 aromatic heterocycles. The lowest BCUT2D eigenvalue weighted by molar-refractivity contribution is -0.135. The number of benzene rings is 1. The number of amides is 2. The van der Waals surface area contributed by atoms with Crippen LogP contribution in [0.5, 0.6) is 5.75 Å². The highest BCUT2D eigenvalue weighted by Gasteiger charge is 2.26. The molecule has 1 aromatic carbocycles. The van der Waals surface area contributed by atoms with Crippen LogP contribution in [0.3, 0.4) is 0 Å². The van der Waals surface area contributed by atoms with Crippen molar-refractivity contribution in [2.24, 2.45) is 0 Å². The summed E-state index contributed by atoms with van der Waals surface area (Å²) in [5.41, 5.74) is 0.291. The van der Waals surface area contributed by atoms with Gasteiger partial charge in [0.15, 0.2) is 12.3 Å². The molecule has 3 rings (SSSR count). The molecule has 1 atom stereocenters. The molecule has 1 saturated heterocycles. The van der Waals surface area contributed by atoms with Crippen LogP contribution in [0.4, 0.5) is 0 Å². The number of nitrogens with one attached hydrogen (secondary N) is 1. The smallest absolute Gasteiger partial charge is 0.273 e. The Labute approximate surface area is 158 Å². The molecule has 1 aliphatic rings. The van der Waals surface area contributed by atoms with Crippen molar-refractivity contribution in [3.63, 3.8) is 0 Å². The first-order valence-electron chi connectivity index (χ1n) is 9.21. The van der Waals surface area contributed by atoms with Gasteiger partial charge in [-0.25, -0.2) is 4.68 Å². The third-order valence-corrected chi connectivity index (χ3v) is 4.39. The van der Waals surface area contributed by atoms with Crippen molar-refractivity contribution in [1.29, 1.82) is 0 Å². The molecule has 1 aliphatic heterocycles. The minimum Gasteiger partial charge on any atom is -0.484 e. The van der Waals surface area contributed by atoms with E-state index in [0.717, 1.165) is 12.8 Å². The highest BCUT2D eigenvalue weighted by atomic mass is 16.5. The summed E-state index contributed by atoms with van der Waals surface area (Å²) in [6.07, 6.45) is 3.41. The molecule has 2 heterocycles. The van der Waals surface area contributed by atoms with Crippen molar-refractivity contribution < 1.29 is 14.3 Å². The highest BCUT2D eigenvalue weighted by molar-refractivity contribution is 5.92. The van der Waals surface area contributed by atoms with E-state index in [4.69, 9.17) is 4.74 Å². The van der Waals surface area contributed by atoms with Crippen LogP contribution in [0.25, 0.3) is 0 Å². The van der Waals surface area contributed by atoms with E-state index in [9.17, 15) is 9.59 Å². The molecule has 144 valence electrons. The van der Waals surface area contributed by atoms with E-state index in [0.29, 0.717) is 24.5 Å². The highest BCUT2D eigenvalue weighted by Crippen LogP contribution is 2.21. The normalized spacial score (nSPS) is 17.0. The van der Waals surface area contributed by atoms with Gasteiger partial charge in [0.25, 0.3) is 11.8 Å². The van der Waals surface area contributed by atoms with Crippen molar-refractivity contribution in [3.05, 3.63) is 42.2 Å². The van der Waals surface area contributed by atoms with Gasteiger partial charge in [-0.05, 0) is 38.8 Å². The summed E-state index contributed by atoms with van der Waals surface area (Å²) in [5, 5.41) is 10.9. The SMILES string of the molecule is CC(C)NC(=O)c1cn(C2CCCN(C(=O)COc3ccccc3)C2)nn1. The van der Waals surface area contributed by atoms with E-state index >= 15 is 0 Å². The average molecular weight is 371 g/mol. The second-order valence-electron chi connectivity index (χ2n) is 6.95. The van der Waals surface area contributed by atoms with Gasteiger partial charge in [0.1, 0.15) is 5.75 Å². The largest absolute Gasteiger partial charge is 0.484 e. The number of likely N-dealkylation sites (tertiary alicyclic amines) is 1. The number of carbonyl (C=O) groups is 2. The van der Waals surface area contributed by atoms with E-state index in [-0.39, 0.29) is 30.5 Å². The summed E-state index contributed by atoms with van der Waals surface area (Å²) in [6.45, 7) is 5.03. The van der Waals surface area contributed by atoms with Crippen molar-refractivity contribution in [1.82, 2.24) is 25.2 Å². The van der Waals surface area contributed by atoms with Crippen LogP contribution in [-0.4, -0.2) is 57.4 Å². The van der Waals surface area contributed by atoms with Crippen LogP contribution in [-0.2, 0) is 4.79 Å². The van der Waals surface area contributed by atoms with Gasteiger partial charge in [0.05, 0.1) is 12.2 Å². The molecule has 8 heteroatoms. The number of aromatic nitrogens is 3. The molecular formula is C19H25N5O3. The van der Waals surface area contributed by atoms with Crippen LogP contribution >= 0.6 is 0 Å². The van der Waals surface area contributed by atoms with Crippen LogP contribution in [0.2, 0.25) is 0 Å². The zero-order chi connectivity index (χ0) is 19.2. The topological polar surface area (TPSA) is 89.4 Å². The monoisotopic (exact) mass is 371 g/mol. The average Bonchev–Trinajstić information content (AvgIpc) is 3.17. The minimum atomic E-state index is -0.240. The number of piperidine rings is 1. The van der Waals surface area contributed by atoms with Crippen LogP contribution in [0.1, 0.15) is 43.2 Å². The summed E-state index contributed by atoms with van der Waals surface area (Å²) in [4.78, 5) is 26.3. The molecule has 0 spiro atoms. The minimum absolute atomic E-state index is 0.00697. The quantitative estimate of drug-likeness (QED) is 0.834. The van der Waals surface area contributed by atoms with Crippen molar-refractivity contribution in [2.45, 2.75) is 38.8 Å². The van der Waals surface area contributed by atoms with E-state index in [1.165, 1.54) is 0 Å². The number of hydrogen-bond acceptors (Lipinski definition) is 5. The fraction of sp³-hybridized carbons (Fsp3) is 0.474. The van der Waals surface area contributed by atoms with Gasteiger partial charge in [0.2, 0.25) is 0 Å². The third-order valence-electron chi connectivity index (χ3n) is 4.39. The number of nitrogens with zero attached hydrogens (tertiary/aromatic N) is 4. The number of hydrogen-bond donors (Lipinski definition) is 1. The molecule has 0 aliphatic carbocycles. The Bertz CT molecular complexity index is 775. The van der Waals surface area contributed by atoms with E-state index in [1.54, 1.807) is 15.8 Å². The molecule has 1 unspecified atom stereocenters. The van der Waals surface area contributed by atoms with Gasteiger partial charge < -0.3 is 15.0 Å². The Morgan fingerprint density at radius 3 is 2.81 bits per heavy atom. The predicted octanol–water partition coefficient (Wildman–Crippen LogP) is 1.66. The maximum absolute atomic E-state index is 12.5. The van der Waals surface area contributed by atoms with Gasteiger partial charge in [-0.15, -0.1) is 5.10 Å². The second kappa shape index (κ2) is 8.66. The number of carbonyl (C=O) groups excluding carboxylic acids is 2. The summed E-state index contributed by atoms with van der Waals surface area (Å²) in [6, 6.07) is 9.33. The molecule has 2 aromatic rings. The number of para-hydroxylation sites is 1. The molecule has 0 bridgehead atoms. The predicted molar refractivity (Wildman–Crippen MR) is 99.4 cm³/mol. The first-order chi connectivity index (χ1) is 13.0. The maximum Gasteiger partial charge on any atom is 0.273 e. The van der Waals surface area contributed by atoms with Gasteiger partial charge in [-0.1, -0.05) is 23.4 Å². The Morgan fingerprint density at radius 2 is 2.07 bits per heavy atom. The van der Waals surface area contributed by atoms with Crippen LogP contribution in [0, 0.1) is 0 Å². The zero-order valence-corrected chi connectivity index (χ0v) is 15.7. The van der Waals surface area contributed by atoms with E-state index in [1.807, 2.05) is 44.2 Å². The Morgan fingerprint density at radius 1 is 1.30 bits per heavy atom. The first-order valence-corrected chi connectivity index (χ1v) is 9.21. The van der Waals surface area contributed by atoms with Crippen LogP contribution in [0.15, 0.2) is 36.5 Å². The van der Waals surface area contributed by atoms with Gasteiger partial charge in [-0.2, -0.15) is 0 Å². The molecule has 1 fully saturated rings. The standard InChI is InChI=1S/C19H25N5O3/c1-14(2)20-19(26)17-12-24(22-21-17)15-7-6-10-23(11-15)18(25)13-27-16-8-4-3-5-9-16/h3-5,8-9,12,14-15H,6-7,10-11,13H2,1-2H3,(H,20,26). The van der Waals surface area contributed by atoms with Gasteiger partial charge in [0, 0.05) is 19.1 Å². The first kappa shape index (κ1) is 18.9. The zero-order valence-electron chi connectivity index (χ0n) is 15.7. The molecule has 27 heavy (non-hydrogen) atoms. The molecule has 1 N–H and O–H groups in total. The summed E-state index contributed by atoms with van der Waals surface area (Å²) in [7, 11) is 0. The molecule has 0 radical (unpaired) electrons. The van der Waals surface area contributed by atoms with Gasteiger partial charge >= 0.3 is 0 Å². The van der Waals surface area contributed by atoms with Crippen molar-refractivity contribution >= 4 is 11.8 Å². The molecule has 0 saturated carbocycles. The fourth-order valence-electron chi connectivity index (χ4n) is 3.05. The van der Waals surface area contributed by atoms with E-state index < -0.39 is 0 Å². The lowest BCUT2D eigenvalue weighted by atomic mass is 10.1. The lowest BCUT2D eigenvalue weighted by Crippen LogP contribution is -2.43. The van der Waals surface area contributed by atoms with Crippen molar-refractivity contribution in [2.75, 3.05) is 19.7 Å². The Kier molecular flexibility index (Phi) is 6.05. The third kappa shape index (κ3) is 5.06. The number of rotatable bonds is 6.